The largest absolute Gasteiger partial charge is 0.480 e. The molecule has 1 rings (SSSR count). The summed E-state index contributed by atoms with van der Waals surface area (Å²) in [5.41, 5.74) is 0. The van der Waals surface area contributed by atoms with Crippen LogP contribution in [0.25, 0.3) is 0 Å². The summed E-state index contributed by atoms with van der Waals surface area (Å²) in [6.07, 6.45) is 1.73. The molecule has 1 N–H and O–H groups in total. The van der Waals surface area contributed by atoms with Gasteiger partial charge in [0.05, 0.1) is 0 Å². The van der Waals surface area contributed by atoms with Crippen molar-refractivity contribution in [1.29, 1.82) is 0 Å². The standard InChI is InChI=1S/C8H9NO2S/c10-8(11)7-9-5-3-1-2-4-6-12-9/h1-6H,7H2,(H,10,11). The molecule has 0 spiro atoms. The van der Waals surface area contributed by atoms with Crippen LogP contribution in [0.2, 0.25) is 0 Å². The van der Waals surface area contributed by atoms with Gasteiger partial charge in [-0.3, -0.25) is 8.75 Å². The van der Waals surface area contributed by atoms with E-state index in [1.54, 1.807) is 16.2 Å². The van der Waals surface area contributed by atoms with Gasteiger partial charge < -0.3 is 5.11 Å². The molecular formula is C8H9NO2S. The van der Waals surface area contributed by atoms with Gasteiger partial charge in [-0.1, -0.05) is 29.7 Å². The van der Waals surface area contributed by atoms with Crippen LogP contribution in [-0.4, -0.2) is 15.0 Å². The molecule has 0 aliphatic carbocycles. The Balaban J connectivity index is 2.88. The number of carbonyl (C=O) groups is 1. The number of rotatable bonds is 2. The zero-order valence-corrected chi connectivity index (χ0v) is 7.20. The van der Waals surface area contributed by atoms with Crippen LogP contribution in [0.4, 0.5) is 0 Å². The molecule has 1 aromatic heterocycles. The average Bonchev–Trinajstić information content (AvgIpc) is 1.93. The van der Waals surface area contributed by atoms with Gasteiger partial charge in [0.2, 0.25) is 0 Å². The third-order valence-corrected chi connectivity index (χ3v) is 1.95. The number of carboxylic acids is 1. The van der Waals surface area contributed by atoms with E-state index in [9.17, 15) is 4.79 Å². The zero-order valence-electron chi connectivity index (χ0n) is 6.38. The van der Waals surface area contributed by atoms with Crippen molar-refractivity contribution < 1.29 is 9.90 Å². The van der Waals surface area contributed by atoms with Gasteiger partial charge in [0.25, 0.3) is 0 Å². The smallest absolute Gasteiger partial charge is 0.324 e. The lowest BCUT2D eigenvalue weighted by molar-refractivity contribution is -0.137. The van der Waals surface area contributed by atoms with Crippen LogP contribution in [0, 0.1) is 0 Å². The molecule has 0 bridgehead atoms. The monoisotopic (exact) mass is 183 g/mol. The summed E-state index contributed by atoms with van der Waals surface area (Å²) in [5.74, 6) is -0.829. The number of hydrogen-bond donors (Lipinski definition) is 1. The lowest BCUT2D eigenvalue weighted by Crippen LogP contribution is -2.05. The first-order chi connectivity index (χ1) is 5.79. The maximum absolute atomic E-state index is 10.3. The first kappa shape index (κ1) is 8.80. The Hall–Kier alpha value is -1.29. The molecule has 0 amide bonds. The third-order valence-electron chi connectivity index (χ3n) is 1.15. The first-order valence-electron chi connectivity index (χ1n) is 3.44. The van der Waals surface area contributed by atoms with Gasteiger partial charge in [0.15, 0.2) is 0 Å². The molecule has 0 aliphatic rings. The van der Waals surface area contributed by atoms with Gasteiger partial charge in [0.1, 0.15) is 6.54 Å². The van der Waals surface area contributed by atoms with E-state index in [0.717, 1.165) is 0 Å². The van der Waals surface area contributed by atoms with Gasteiger partial charge in [-0.25, -0.2) is 0 Å². The molecule has 0 saturated carbocycles. The van der Waals surface area contributed by atoms with Crippen LogP contribution in [0.15, 0.2) is 35.8 Å². The van der Waals surface area contributed by atoms with Crippen LogP contribution in [0.3, 0.4) is 0 Å². The van der Waals surface area contributed by atoms with Crippen molar-refractivity contribution in [3.05, 3.63) is 35.8 Å². The van der Waals surface area contributed by atoms with E-state index in [2.05, 4.69) is 0 Å². The minimum absolute atomic E-state index is 0.0132. The Bertz CT molecular complexity index is 282. The fourth-order valence-corrected chi connectivity index (χ4v) is 1.33. The number of aromatic nitrogens is 1. The topological polar surface area (TPSA) is 42.2 Å². The molecule has 1 heterocycles. The molecule has 0 radical (unpaired) electrons. The predicted molar refractivity (Wildman–Crippen MR) is 47.6 cm³/mol. The van der Waals surface area contributed by atoms with Crippen molar-refractivity contribution in [3.8, 4) is 0 Å². The summed E-state index contributed by atoms with van der Waals surface area (Å²) in [6, 6.07) is 7.41. The predicted octanol–water partition coefficient (Wildman–Crippen LogP) is 1.76. The van der Waals surface area contributed by atoms with Crippen molar-refractivity contribution in [1.82, 2.24) is 3.96 Å². The summed E-state index contributed by atoms with van der Waals surface area (Å²) in [7, 11) is 0. The summed E-state index contributed by atoms with van der Waals surface area (Å²) in [6.45, 7) is 0.0132. The normalized spacial score (nSPS) is 9.00. The maximum atomic E-state index is 10.3. The van der Waals surface area contributed by atoms with E-state index >= 15 is 0 Å². The van der Waals surface area contributed by atoms with Gasteiger partial charge in [-0.15, -0.1) is 0 Å². The summed E-state index contributed by atoms with van der Waals surface area (Å²) >= 11 is 1.36. The SMILES string of the molecule is O=C(O)Cn1ccccccs1. The van der Waals surface area contributed by atoms with Crippen LogP contribution in [-0.2, 0) is 11.3 Å². The van der Waals surface area contributed by atoms with E-state index in [-0.39, 0.29) is 6.54 Å². The fourth-order valence-electron chi connectivity index (χ4n) is 0.691. The molecule has 0 aliphatic heterocycles. The molecule has 1 aromatic rings. The highest BCUT2D eigenvalue weighted by molar-refractivity contribution is 7.03. The fraction of sp³-hybridized carbons (Fsp3) is 0.125. The van der Waals surface area contributed by atoms with Crippen molar-refractivity contribution in [3.63, 3.8) is 0 Å². The Morgan fingerprint density at radius 2 is 2.08 bits per heavy atom. The molecule has 0 fully saturated rings. The van der Waals surface area contributed by atoms with Gasteiger partial charge in [-0.2, -0.15) is 0 Å². The van der Waals surface area contributed by atoms with Crippen LogP contribution >= 0.6 is 11.5 Å². The number of aliphatic carboxylic acids is 1. The highest BCUT2D eigenvalue weighted by Crippen LogP contribution is 1.94. The second-order valence-corrected chi connectivity index (χ2v) is 3.08. The molecule has 0 aromatic carbocycles. The lowest BCUT2D eigenvalue weighted by atomic mass is 10.5. The van der Waals surface area contributed by atoms with E-state index in [0.29, 0.717) is 0 Å². The van der Waals surface area contributed by atoms with Crippen molar-refractivity contribution in [2.75, 3.05) is 0 Å². The molecule has 0 saturated heterocycles. The Morgan fingerprint density at radius 3 is 2.83 bits per heavy atom. The molecule has 0 atom stereocenters. The van der Waals surface area contributed by atoms with E-state index in [1.807, 2.05) is 23.6 Å². The Kier molecular flexibility index (Phi) is 3.35. The number of nitrogens with zero attached hydrogens (tertiary/aromatic N) is 1. The zero-order chi connectivity index (χ0) is 8.81. The van der Waals surface area contributed by atoms with Crippen molar-refractivity contribution in [2.45, 2.75) is 6.54 Å². The van der Waals surface area contributed by atoms with Gasteiger partial charge in [-0.05, 0) is 6.07 Å². The third kappa shape index (κ3) is 3.21. The van der Waals surface area contributed by atoms with Gasteiger partial charge in [0, 0.05) is 11.6 Å². The van der Waals surface area contributed by atoms with Crippen LogP contribution in [0.5, 0.6) is 0 Å². The second-order valence-electron chi connectivity index (χ2n) is 2.13. The number of hydrogen-bond acceptors (Lipinski definition) is 2. The van der Waals surface area contributed by atoms with Crippen LogP contribution < -0.4 is 0 Å². The van der Waals surface area contributed by atoms with Crippen molar-refractivity contribution >= 4 is 17.5 Å². The minimum Gasteiger partial charge on any atom is -0.480 e. The van der Waals surface area contributed by atoms with E-state index in [1.165, 1.54) is 11.5 Å². The van der Waals surface area contributed by atoms with Crippen LogP contribution in [0.1, 0.15) is 0 Å². The Labute approximate surface area is 74.4 Å². The van der Waals surface area contributed by atoms with E-state index in [4.69, 9.17) is 5.11 Å². The van der Waals surface area contributed by atoms with E-state index < -0.39 is 5.97 Å². The molecule has 3 nitrogen and oxygen atoms in total. The maximum Gasteiger partial charge on any atom is 0.324 e. The summed E-state index contributed by atoms with van der Waals surface area (Å²) < 4.78 is 1.64. The molecule has 0 unspecified atom stereocenters. The Morgan fingerprint density at radius 1 is 1.33 bits per heavy atom. The molecule has 64 valence electrons. The second kappa shape index (κ2) is 4.56. The highest BCUT2D eigenvalue weighted by Gasteiger charge is 1.93. The lowest BCUT2D eigenvalue weighted by Gasteiger charge is -1.96. The quantitative estimate of drug-likeness (QED) is 0.759. The van der Waals surface area contributed by atoms with Gasteiger partial charge >= 0.3 is 5.97 Å². The first-order valence-corrected chi connectivity index (χ1v) is 4.28. The summed E-state index contributed by atoms with van der Waals surface area (Å²) in [5, 5.41) is 10.3. The summed E-state index contributed by atoms with van der Waals surface area (Å²) in [4.78, 5) is 10.3. The molecule has 4 heteroatoms. The molecule has 12 heavy (non-hydrogen) atoms. The minimum atomic E-state index is -0.829. The average molecular weight is 183 g/mol. The number of carboxylic acid groups (broad SMARTS) is 1. The highest BCUT2D eigenvalue weighted by atomic mass is 32.1. The molecular weight excluding hydrogens is 174 g/mol. The van der Waals surface area contributed by atoms with Crippen molar-refractivity contribution in [2.24, 2.45) is 0 Å².